The number of ether oxygens (including phenoxy) is 2. The van der Waals surface area contributed by atoms with Crippen LogP contribution in [0.3, 0.4) is 0 Å². The van der Waals surface area contributed by atoms with Gasteiger partial charge in [-0.05, 0) is 31.9 Å². The third-order valence-corrected chi connectivity index (χ3v) is 3.74. The normalized spacial score (nSPS) is 11.9. The summed E-state index contributed by atoms with van der Waals surface area (Å²) in [5.74, 6) is 0.748. The van der Waals surface area contributed by atoms with Crippen molar-refractivity contribution in [2.75, 3.05) is 27.2 Å². The molecule has 1 atom stereocenters. The van der Waals surface area contributed by atoms with Crippen LogP contribution in [0.25, 0.3) is 0 Å². The first-order valence-electron chi connectivity index (χ1n) is 8.98. The molecular weight excluding hydrogens is 464 g/mol. The van der Waals surface area contributed by atoms with Gasteiger partial charge in [-0.15, -0.1) is 24.0 Å². The van der Waals surface area contributed by atoms with E-state index in [1.54, 1.807) is 19.2 Å². The SMILES string of the molecule is CN=C(NCCCCCCC(=O)OC)NCC(C)Oc1cccc(F)c1.I. The Balaban J connectivity index is 0.00000676. The number of nitrogens with zero attached hydrogens (tertiary/aromatic N) is 1. The molecule has 0 heterocycles. The zero-order chi connectivity index (χ0) is 19.2. The average Bonchev–Trinajstić information content (AvgIpc) is 2.63. The quantitative estimate of drug-likeness (QED) is 0.162. The maximum Gasteiger partial charge on any atom is 0.305 e. The molecule has 154 valence electrons. The second kappa shape index (κ2) is 15.5. The highest BCUT2D eigenvalue weighted by atomic mass is 127. The van der Waals surface area contributed by atoms with Crippen LogP contribution in [0.5, 0.6) is 5.75 Å². The number of methoxy groups -OCH3 is 1. The highest BCUT2D eigenvalue weighted by Crippen LogP contribution is 2.13. The van der Waals surface area contributed by atoms with Crippen molar-refractivity contribution in [2.45, 2.75) is 45.1 Å². The number of unbranched alkanes of at least 4 members (excludes halogenated alkanes) is 3. The van der Waals surface area contributed by atoms with E-state index in [9.17, 15) is 9.18 Å². The number of esters is 1. The molecule has 2 N–H and O–H groups in total. The Morgan fingerprint density at radius 3 is 2.63 bits per heavy atom. The highest BCUT2D eigenvalue weighted by Gasteiger charge is 2.06. The van der Waals surface area contributed by atoms with Crippen molar-refractivity contribution in [2.24, 2.45) is 4.99 Å². The van der Waals surface area contributed by atoms with Gasteiger partial charge in [0.25, 0.3) is 0 Å². The largest absolute Gasteiger partial charge is 0.489 e. The molecule has 0 saturated carbocycles. The summed E-state index contributed by atoms with van der Waals surface area (Å²) in [6, 6.07) is 6.10. The molecule has 0 amide bonds. The van der Waals surface area contributed by atoms with E-state index in [-0.39, 0.29) is 41.9 Å². The number of nitrogens with one attached hydrogen (secondary N) is 2. The number of carbonyl (C=O) groups excluding carboxylic acids is 1. The predicted molar refractivity (Wildman–Crippen MR) is 116 cm³/mol. The number of guanidine groups is 1. The second-order valence-electron chi connectivity index (χ2n) is 6.01. The van der Waals surface area contributed by atoms with Crippen LogP contribution >= 0.6 is 24.0 Å². The van der Waals surface area contributed by atoms with Gasteiger partial charge >= 0.3 is 5.97 Å². The molecule has 1 aromatic carbocycles. The molecule has 0 aromatic heterocycles. The zero-order valence-corrected chi connectivity index (χ0v) is 18.6. The molecular formula is C19H31FIN3O3. The van der Waals surface area contributed by atoms with Crippen LogP contribution in [0.15, 0.2) is 29.3 Å². The molecule has 1 rings (SSSR count). The number of benzene rings is 1. The summed E-state index contributed by atoms with van der Waals surface area (Å²) in [7, 11) is 3.12. The fourth-order valence-electron chi connectivity index (χ4n) is 2.33. The first kappa shape index (κ1) is 25.4. The zero-order valence-electron chi connectivity index (χ0n) is 16.3. The van der Waals surface area contributed by atoms with Crippen LogP contribution in [-0.2, 0) is 9.53 Å². The van der Waals surface area contributed by atoms with Crippen molar-refractivity contribution in [1.29, 1.82) is 0 Å². The van der Waals surface area contributed by atoms with Gasteiger partial charge < -0.3 is 20.1 Å². The van der Waals surface area contributed by atoms with Gasteiger partial charge in [0.2, 0.25) is 0 Å². The van der Waals surface area contributed by atoms with E-state index in [1.165, 1.54) is 19.2 Å². The van der Waals surface area contributed by atoms with Crippen molar-refractivity contribution in [1.82, 2.24) is 10.6 Å². The Bertz CT molecular complexity index is 573. The van der Waals surface area contributed by atoms with Gasteiger partial charge in [0.1, 0.15) is 17.7 Å². The minimum atomic E-state index is -0.313. The summed E-state index contributed by atoms with van der Waals surface area (Å²) < 4.78 is 23.4. The summed E-state index contributed by atoms with van der Waals surface area (Å²) in [5.41, 5.74) is 0. The van der Waals surface area contributed by atoms with Crippen molar-refractivity contribution in [3.8, 4) is 5.75 Å². The smallest absolute Gasteiger partial charge is 0.305 e. The number of halogens is 2. The van der Waals surface area contributed by atoms with Crippen molar-refractivity contribution < 1.29 is 18.7 Å². The van der Waals surface area contributed by atoms with Crippen molar-refractivity contribution >= 4 is 35.9 Å². The van der Waals surface area contributed by atoms with Gasteiger partial charge in [0.05, 0.1) is 13.7 Å². The van der Waals surface area contributed by atoms with Crippen molar-refractivity contribution in [3.63, 3.8) is 0 Å². The van der Waals surface area contributed by atoms with Gasteiger partial charge in [0.15, 0.2) is 5.96 Å². The maximum atomic E-state index is 13.1. The fourth-order valence-corrected chi connectivity index (χ4v) is 2.33. The molecule has 0 saturated heterocycles. The lowest BCUT2D eigenvalue weighted by molar-refractivity contribution is -0.140. The molecule has 0 fully saturated rings. The lowest BCUT2D eigenvalue weighted by Crippen LogP contribution is -2.42. The molecule has 1 unspecified atom stereocenters. The summed E-state index contributed by atoms with van der Waals surface area (Å²) in [6.07, 6.45) is 4.25. The number of hydrogen-bond acceptors (Lipinski definition) is 4. The van der Waals surface area contributed by atoms with Gasteiger partial charge in [0, 0.05) is 26.1 Å². The van der Waals surface area contributed by atoms with Crippen LogP contribution in [0, 0.1) is 5.82 Å². The lowest BCUT2D eigenvalue weighted by Gasteiger charge is -2.17. The van der Waals surface area contributed by atoms with Crippen molar-refractivity contribution in [3.05, 3.63) is 30.1 Å². The molecule has 0 bridgehead atoms. The Hall–Kier alpha value is -1.58. The standard InChI is InChI=1S/C19H30FN3O3.HI/c1-15(26-17-10-8-9-16(20)13-17)14-23-19(21-2)22-12-7-5-4-6-11-18(24)25-3;/h8-10,13,15H,4-7,11-12,14H2,1-3H3,(H2,21,22,23);1H. The maximum absolute atomic E-state index is 13.1. The average molecular weight is 495 g/mol. The molecule has 1 aromatic rings. The number of aliphatic imine (C=N–C) groups is 1. The van der Waals surface area contributed by atoms with Crippen LogP contribution in [-0.4, -0.2) is 45.3 Å². The summed E-state index contributed by atoms with van der Waals surface area (Å²) in [6.45, 7) is 3.26. The van der Waals surface area contributed by atoms with E-state index in [2.05, 4.69) is 20.4 Å². The number of rotatable bonds is 11. The van der Waals surface area contributed by atoms with Crippen LogP contribution in [0.1, 0.15) is 39.0 Å². The Kier molecular flexibility index (Phi) is 14.6. The molecule has 0 aliphatic rings. The fraction of sp³-hybridized carbons (Fsp3) is 0.579. The molecule has 0 radical (unpaired) electrons. The van der Waals surface area contributed by atoms with Gasteiger partial charge in [-0.25, -0.2) is 4.39 Å². The predicted octanol–water partition coefficient (Wildman–Crippen LogP) is 3.50. The minimum Gasteiger partial charge on any atom is -0.489 e. The molecule has 6 nitrogen and oxygen atoms in total. The minimum absolute atomic E-state index is 0. The Morgan fingerprint density at radius 1 is 1.22 bits per heavy atom. The van der Waals surface area contributed by atoms with E-state index in [0.29, 0.717) is 24.7 Å². The van der Waals surface area contributed by atoms with Gasteiger partial charge in [-0.1, -0.05) is 18.9 Å². The summed E-state index contributed by atoms with van der Waals surface area (Å²) in [4.78, 5) is 15.2. The third-order valence-electron chi connectivity index (χ3n) is 3.74. The molecule has 27 heavy (non-hydrogen) atoms. The van der Waals surface area contributed by atoms with E-state index in [0.717, 1.165) is 32.2 Å². The second-order valence-corrected chi connectivity index (χ2v) is 6.01. The first-order chi connectivity index (χ1) is 12.5. The lowest BCUT2D eigenvalue weighted by atomic mass is 10.1. The monoisotopic (exact) mass is 495 g/mol. The number of carbonyl (C=O) groups is 1. The number of hydrogen-bond donors (Lipinski definition) is 2. The topological polar surface area (TPSA) is 72.0 Å². The Labute approximate surface area is 178 Å². The first-order valence-corrected chi connectivity index (χ1v) is 8.98. The van der Waals surface area contributed by atoms with Crippen LogP contribution in [0.4, 0.5) is 4.39 Å². The highest BCUT2D eigenvalue weighted by molar-refractivity contribution is 14.0. The summed E-state index contributed by atoms with van der Waals surface area (Å²) >= 11 is 0. The molecule has 0 spiro atoms. The van der Waals surface area contributed by atoms with Gasteiger partial charge in [-0.2, -0.15) is 0 Å². The van der Waals surface area contributed by atoms with E-state index in [1.807, 2.05) is 6.92 Å². The molecule has 0 aliphatic carbocycles. The third kappa shape index (κ3) is 12.4. The van der Waals surface area contributed by atoms with E-state index < -0.39 is 0 Å². The Morgan fingerprint density at radius 2 is 1.96 bits per heavy atom. The van der Waals surface area contributed by atoms with Gasteiger partial charge in [-0.3, -0.25) is 9.79 Å². The summed E-state index contributed by atoms with van der Waals surface area (Å²) in [5, 5.41) is 6.43. The molecule has 8 heteroatoms. The molecule has 0 aliphatic heterocycles. The van der Waals surface area contributed by atoms with Crippen LogP contribution in [0.2, 0.25) is 0 Å². The van der Waals surface area contributed by atoms with Crippen LogP contribution < -0.4 is 15.4 Å². The van der Waals surface area contributed by atoms with E-state index >= 15 is 0 Å². The van der Waals surface area contributed by atoms with E-state index in [4.69, 9.17) is 4.74 Å².